The highest BCUT2D eigenvalue weighted by Gasteiger charge is 2.11. The van der Waals surface area contributed by atoms with Crippen molar-refractivity contribution in [2.75, 3.05) is 6.61 Å². The highest BCUT2D eigenvalue weighted by molar-refractivity contribution is 7.08. The fraction of sp³-hybridized carbons (Fsp3) is 0.154. The van der Waals surface area contributed by atoms with Crippen LogP contribution in [0.25, 0.3) is 11.1 Å². The van der Waals surface area contributed by atoms with E-state index in [-0.39, 0.29) is 0 Å². The molecule has 16 heavy (non-hydrogen) atoms. The van der Waals surface area contributed by atoms with E-state index >= 15 is 0 Å². The Morgan fingerprint density at radius 1 is 1.38 bits per heavy atom. The lowest BCUT2D eigenvalue weighted by Crippen LogP contribution is -1.96. The van der Waals surface area contributed by atoms with E-state index < -0.39 is 0 Å². The highest BCUT2D eigenvalue weighted by atomic mass is 32.1. The van der Waals surface area contributed by atoms with E-state index in [9.17, 15) is 4.79 Å². The van der Waals surface area contributed by atoms with Gasteiger partial charge >= 0.3 is 0 Å². The Morgan fingerprint density at radius 2 is 2.25 bits per heavy atom. The van der Waals surface area contributed by atoms with Crippen LogP contribution in [0.15, 0.2) is 35.0 Å². The van der Waals surface area contributed by atoms with E-state index in [1.165, 1.54) is 0 Å². The number of hydrogen-bond acceptors (Lipinski definition) is 3. The predicted octanol–water partition coefficient (Wildman–Crippen LogP) is 3.63. The van der Waals surface area contributed by atoms with E-state index in [1.807, 2.05) is 41.9 Å². The van der Waals surface area contributed by atoms with Crippen molar-refractivity contribution < 1.29 is 9.53 Å². The van der Waals surface area contributed by atoms with Crippen LogP contribution in [0, 0.1) is 0 Å². The van der Waals surface area contributed by atoms with Crippen LogP contribution >= 0.6 is 11.3 Å². The number of hydrogen-bond donors (Lipinski definition) is 0. The summed E-state index contributed by atoms with van der Waals surface area (Å²) in [5.41, 5.74) is 2.60. The number of rotatable bonds is 4. The largest absolute Gasteiger partial charge is 0.493 e. The molecule has 0 N–H and O–H groups in total. The van der Waals surface area contributed by atoms with Gasteiger partial charge in [-0.1, -0.05) is 12.1 Å². The molecule has 0 aliphatic carbocycles. The molecule has 2 nitrogen and oxygen atoms in total. The number of carbonyl (C=O) groups is 1. The minimum absolute atomic E-state index is 0.597. The second kappa shape index (κ2) is 4.94. The summed E-state index contributed by atoms with van der Waals surface area (Å²) in [6.07, 6.45) is 0.871. The van der Waals surface area contributed by atoms with Gasteiger partial charge in [0, 0.05) is 11.1 Å². The van der Waals surface area contributed by atoms with Crippen LogP contribution in [-0.2, 0) is 0 Å². The molecule has 2 aromatic rings. The van der Waals surface area contributed by atoms with Crippen molar-refractivity contribution in [2.24, 2.45) is 0 Å². The summed E-state index contributed by atoms with van der Waals surface area (Å²) in [6.45, 7) is 2.53. The molecule has 0 aliphatic rings. The lowest BCUT2D eigenvalue weighted by Gasteiger charge is -2.10. The third-order valence-corrected chi connectivity index (χ3v) is 2.98. The number of carbonyl (C=O) groups excluding carboxylic acids is 1. The first-order valence-electron chi connectivity index (χ1n) is 5.10. The second-order valence-corrected chi connectivity index (χ2v) is 4.06. The first kappa shape index (κ1) is 10.9. The lowest BCUT2D eigenvalue weighted by molar-refractivity contribution is 0.112. The summed E-state index contributed by atoms with van der Waals surface area (Å²) in [5.74, 6) is 0.769. The number of aldehydes is 1. The normalized spacial score (nSPS) is 10.1. The zero-order chi connectivity index (χ0) is 11.4. The van der Waals surface area contributed by atoms with Crippen molar-refractivity contribution in [3.8, 4) is 16.9 Å². The van der Waals surface area contributed by atoms with Crippen LogP contribution in [0.5, 0.6) is 5.75 Å². The van der Waals surface area contributed by atoms with Crippen molar-refractivity contribution in [1.29, 1.82) is 0 Å². The molecule has 0 fully saturated rings. The van der Waals surface area contributed by atoms with E-state index in [1.54, 1.807) is 11.3 Å². The van der Waals surface area contributed by atoms with Crippen molar-refractivity contribution in [2.45, 2.75) is 6.92 Å². The maximum absolute atomic E-state index is 11.0. The van der Waals surface area contributed by atoms with E-state index in [0.29, 0.717) is 12.2 Å². The maximum atomic E-state index is 11.0. The molecule has 0 bridgehead atoms. The number of ether oxygens (including phenoxy) is 1. The molecule has 0 amide bonds. The van der Waals surface area contributed by atoms with Crippen LogP contribution in [0.3, 0.4) is 0 Å². The van der Waals surface area contributed by atoms with Gasteiger partial charge in [-0.25, -0.2) is 0 Å². The average molecular weight is 232 g/mol. The smallest absolute Gasteiger partial charge is 0.150 e. The Morgan fingerprint density at radius 3 is 2.88 bits per heavy atom. The SMILES string of the molecule is CCOc1cccc(C=O)c1-c1ccsc1. The molecule has 0 aliphatic heterocycles. The molecule has 3 heteroatoms. The van der Waals surface area contributed by atoms with Crippen molar-refractivity contribution in [3.63, 3.8) is 0 Å². The van der Waals surface area contributed by atoms with Crippen molar-refractivity contribution in [3.05, 3.63) is 40.6 Å². The summed E-state index contributed by atoms with van der Waals surface area (Å²) >= 11 is 1.61. The molecule has 2 rings (SSSR count). The summed E-state index contributed by atoms with van der Waals surface area (Å²) in [7, 11) is 0. The zero-order valence-corrected chi connectivity index (χ0v) is 9.79. The van der Waals surface area contributed by atoms with E-state index in [0.717, 1.165) is 23.2 Å². The standard InChI is InChI=1S/C13H12O2S/c1-2-15-12-5-3-4-10(8-14)13(12)11-6-7-16-9-11/h3-9H,2H2,1H3. The van der Waals surface area contributed by atoms with E-state index in [4.69, 9.17) is 4.74 Å². The first-order chi connectivity index (χ1) is 7.86. The van der Waals surface area contributed by atoms with Crippen LogP contribution in [0.4, 0.5) is 0 Å². The quantitative estimate of drug-likeness (QED) is 0.752. The van der Waals surface area contributed by atoms with Crippen LogP contribution in [-0.4, -0.2) is 12.9 Å². The molecule has 0 unspecified atom stereocenters. The predicted molar refractivity (Wildman–Crippen MR) is 66.3 cm³/mol. The number of benzene rings is 1. The number of thiophene rings is 1. The van der Waals surface area contributed by atoms with Gasteiger partial charge in [-0.05, 0) is 35.4 Å². The fourth-order valence-electron chi connectivity index (χ4n) is 1.64. The van der Waals surface area contributed by atoms with Gasteiger partial charge in [0.05, 0.1) is 6.61 Å². The molecular weight excluding hydrogens is 220 g/mol. The van der Waals surface area contributed by atoms with Crippen LogP contribution in [0.1, 0.15) is 17.3 Å². The summed E-state index contributed by atoms with van der Waals surface area (Å²) in [4.78, 5) is 11.0. The average Bonchev–Trinajstić information content (AvgIpc) is 2.82. The monoisotopic (exact) mass is 232 g/mol. The summed E-state index contributed by atoms with van der Waals surface area (Å²) in [6, 6.07) is 7.53. The summed E-state index contributed by atoms with van der Waals surface area (Å²) in [5, 5.41) is 4.01. The van der Waals surface area contributed by atoms with Crippen molar-refractivity contribution >= 4 is 17.6 Å². The Hall–Kier alpha value is -1.61. The van der Waals surface area contributed by atoms with Gasteiger partial charge in [0.25, 0.3) is 0 Å². The molecule has 0 spiro atoms. The lowest BCUT2D eigenvalue weighted by atomic mass is 10.0. The van der Waals surface area contributed by atoms with Gasteiger partial charge in [0.2, 0.25) is 0 Å². The van der Waals surface area contributed by atoms with Crippen LogP contribution < -0.4 is 4.74 Å². The van der Waals surface area contributed by atoms with E-state index in [2.05, 4.69) is 0 Å². The Kier molecular flexibility index (Phi) is 3.37. The third kappa shape index (κ3) is 1.99. The minimum Gasteiger partial charge on any atom is -0.493 e. The Bertz CT molecular complexity index is 475. The molecule has 0 atom stereocenters. The second-order valence-electron chi connectivity index (χ2n) is 3.28. The van der Waals surface area contributed by atoms with Gasteiger partial charge in [-0.15, -0.1) is 0 Å². The zero-order valence-electron chi connectivity index (χ0n) is 8.97. The van der Waals surface area contributed by atoms with Gasteiger partial charge in [0.15, 0.2) is 6.29 Å². The van der Waals surface area contributed by atoms with Crippen LogP contribution in [0.2, 0.25) is 0 Å². The molecular formula is C13H12O2S. The first-order valence-corrected chi connectivity index (χ1v) is 6.04. The molecule has 0 radical (unpaired) electrons. The Labute approximate surface area is 98.5 Å². The molecule has 82 valence electrons. The van der Waals surface area contributed by atoms with Gasteiger partial charge in [-0.3, -0.25) is 4.79 Å². The fourth-order valence-corrected chi connectivity index (χ4v) is 2.28. The Balaban J connectivity index is 2.58. The molecule has 1 heterocycles. The van der Waals surface area contributed by atoms with Gasteiger partial charge in [0.1, 0.15) is 5.75 Å². The molecule has 1 aromatic carbocycles. The molecule has 0 saturated carbocycles. The molecule has 0 saturated heterocycles. The third-order valence-electron chi connectivity index (χ3n) is 2.30. The maximum Gasteiger partial charge on any atom is 0.150 e. The minimum atomic E-state index is 0.597. The van der Waals surface area contributed by atoms with Gasteiger partial charge in [-0.2, -0.15) is 11.3 Å². The topological polar surface area (TPSA) is 26.3 Å². The highest BCUT2D eigenvalue weighted by Crippen LogP contribution is 2.34. The van der Waals surface area contributed by atoms with Gasteiger partial charge < -0.3 is 4.74 Å². The molecule has 1 aromatic heterocycles. The van der Waals surface area contributed by atoms with Crippen molar-refractivity contribution in [1.82, 2.24) is 0 Å². The summed E-state index contributed by atoms with van der Waals surface area (Å²) < 4.78 is 5.55.